The smallest absolute Gasteiger partial charge is 0.410 e. The Morgan fingerprint density at radius 1 is 0.825 bits per heavy atom. The molecule has 0 saturated carbocycles. The molecule has 6 nitrogen and oxygen atoms in total. The molecule has 0 bridgehead atoms. The molecular weight excluding hydrogens is 518 g/mol. The van der Waals surface area contributed by atoms with Gasteiger partial charge in [0.25, 0.3) is 0 Å². The summed E-state index contributed by atoms with van der Waals surface area (Å²) in [5.41, 5.74) is -0.104. The van der Waals surface area contributed by atoms with Crippen molar-refractivity contribution in [3.8, 4) is 0 Å². The second-order valence-corrected chi connectivity index (χ2v) is 18.9. The molecule has 1 amide bonds. The second-order valence-electron chi connectivity index (χ2n) is 14.2. The molecule has 1 aliphatic rings. The number of methoxy groups -OCH3 is 1. The van der Waals surface area contributed by atoms with Crippen molar-refractivity contribution in [2.24, 2.45) is 0 Å². The number of nitrogens with zero attached hydrogens (tertiary/aromatic N) is 1. The van der Waals surface area contributed by atoms with Crippen molar-refractivity contribution in [3.63, 3.8) is 0 Å². The molecule has 0 N–H and O–H groups in total. The predicted molar refractivity (Wildman–Crippen MR) is 169 cm³/mol. The summed E-state index contributed by atoms with van der Waals surface area (Å²) in [7, 11) is -0.771. The molecule has 1 atom stereocenters. The maximum Gasteiger partial charge on any atom is 0.410 e. The molecule has 0 aromatic heterocycles. The van der Waals surface area contributed by atoms with Gasteiger partial charge >= 0.3 is 12.1 Å². The number of carbonyl (C=O) groups excluding carboxylic acids is 2. The van der Waals surface area contributed by atoms with Crippen molar-refractivity contribution >= 4 is 20.4 Å². The van der Waals surface area contributed by atoms with Gasteiger partial charge in [0, 0.05) is 13.0 Å². The Hall–Kier alpha value is -1.50. The Morgan fingerprint density at radius 2 is 1.30 bits per heavy atom. The average molecular weight is 582 g/mol. The van der Waals surface area contributed by atoms with Gasteiger partial charge in [0.05, 0.1) is 24.5 Å². The highest BCUT2D eigenvalue weighted by atomic mass is 28.4. The Morgan fingerprint density at radius 3 is 1.73 bits per heavy atom. The third-order valence-corrected chi connectivity index (χ3v) is 12.8. The molecule has 1 rings (SSSR count). The van der Waals surface area contributed by atoms with Crippen LogP contribution in [0.2, 0.25) is 18.1 Å². The fourth-order valence-electron chi connectivity index (χ4n) is 4.98. The molecule has 0 unspecified atom stereocenters. The zero-order valence-corrected chi connectivity index (χ0v) is 28.9. The minimum Gasteiger partial charge on any atom is -0.546 e. The molecule has 1 aliphatic heterocycles. The highest BCUT2D eigenvalue weighted by Gasteiger charge is 2.44. The molecule has 0 aliphatic carbocycles. The van der Waals surface area contributed by atoms with E-state index in [0.717, 1.165) is 12.8 Å². The van der Waals surface area contributed by atoms with E-state index in [1.54, 1.807) is 4.90 Å². The van der Waals surface area contributed by atoms with Crippen LogP contribution in [0.3, 0.4) is 0 Å². The summed E-state index contributed by atoms with van der Waals surface area (Å²) in [5, 5.41) is -0.00587. The normalized spacial score (nSPS) is 16.8. The van der Waals surface area contributed by atoms with Gasteiger partial charge in [-0.25, -0.2) is 9.59 Å². The van der Waals surface area contributed by atoms with Crippen LogP contribution in [0.25, 0.3) is 0 Å². The van der Waals surface area contributed by atoms with E-state index < -0.39 is 25.9 Å². The maximum atomic E-state index is 13.3. The van der Waals surface area contributed by atoms with Gasteiger partial charge < -0.3 is 18.8 Å². The summed E-state index contributed by atoms with van der Waals surface area (Å²) in [6, 6.07) is -0.400. The minimum absolute atomic E-state index is 0.00587. The summed E-state index contributed by atoms with van der Waals surface area (Å²) < 4.78 is 17.7. The van der Waals surface area contributed by atoms with Gasteiger partial charge in [-0.2, -0.15) is 0 Å². The summed E-state index contributed by atoms with van der Waals surface area (Å²) >= 11 is 0. The molecule has 0 fully saturated rings. The van der Waals surface area contributed by atoms with Gasteiger partial charge in [0.15, 0.2) is 0 Å². The van der Waals surface area contributed by atoms with E-state index in [-0.39, 0.29) is 11.1 Å². The largest absolute Gasteiger partial charge is 0.546 e. The standard InChI is InChI=1S/C33H63NO5Si/c1-11-12-13-14-15-16-17-18-19-20-21-22-23-24-27-29(30(35)37-8)28(39-40(9,10)33(5,6)7)25-26-34(27)31(36)38-32(2,3)4/h27H,11-26H2,1-10H3/t27-/m1/s1. The molecule has 7 heteroatoms. The minimum atomic E-state index is -2.18. The molecule has 0 saturated heterocycles. The average Bonchev–Trinajstić information content (AvgIpc) is 2.84. The maximum absolute atomic E-state index is 13.3. The molecule has 1 heterocycles. The summed E-state index contributed by atoms with van der Waals surface area (Å²) in [5.74, 6) is 0.305. The molecule has 234 valence electrons. The van der Waals surface area contributed by atoms with E-state index in [1.165, 1.54) is 77.7 Å². The first kappa shape index (κ1) is 36.5. The van der Waals surface area contributed by atoms with Crippen LogP contribution in [-0.4, -0.2) is 50.6 Å². The highest BCUT2D eigenvalue weighted by molar-refractivity contribution is 6.74. The number of ether oxygens (including phenoxy) is 2. The van der Waals surface area contributed by atoms with Crippen molar-refractivity contribution in [1.29, 1.82) is 0 Å². The second kappa shape index (κ2) is 17.5. The lowest BCUT2D eigenvalue weighted by Crippen LogP contribution is -2.50. The summed E-state index contributed by atoms with van der Waals surface area (Å²) in [4.78, 5) is 28.2. The van der Waals surface area contributed by atoms with Crippen LogP contribution in [0.15, 0.2) is 11.3 Å². The van der Waals surface area contributed by atoms with E-state index in [0.29, 0.717) is 30.7 Å². The van der Waals surface area contributed by atoms with Gasteiger partial charge in [0.1, 0.15) is 5.60 Å². The predicted octanol–water partition coefficient (Wildman–Crippen LogP) is 9.93. The molecule has 0 aromatic rings. The number of rotatable bonds is 17. The lowest BCUT2D eigenvalue weighted by atomic mass is 9.93. The SMILES string of the molecule is CCCCCCCCCCCCCCC[C@@H]1C(C(=O)OC)=C(O[Si](C)(C)C(C)(C)C)CCN1C(=O)OC(C)(C)C. The van der Waals surface area contributed by atoms with Gasteiger partial charge in [-0.1, -0.05) is 111 Å². The van der Waals surface area contributed by atoms with Gasteiger partial charge in [0.2, 0.25) is 8.32 Å². The molecule has 40 heavy (non-hydrogen) atoms. The van der Waals surface area contributed by atoms with E-state index in [4.69, 9.17) is 13.9 Å². The van der Waals surface area contributed by atoms with E-state index in [2.05, 4.69) is 40.8 Å². The van der Waals surface area contributed by atoms with Gasteiger partial charge in [-0.3, -0.25) is 0 Å². The van der Waals surface area contributed by atoms with Crippen LogP contribution in [0, 0.1) is 0 Å². The molecule has 0 spiro atoms. The fraction of sp³-hybridized carbons (Fsp3) is 0.879. The van der Waals surface area contributed by atoms with E-state index in [1.807, 2.05) is 20.8 Å². The monoisotopic (exact) mass is 581 g/mol. The van der Waals surface area contributed by atoms with Gasteiger partial charge in [-0.15, -0.1) is 0 Å². The molecule has 0 radical (unpaired) electrons. The van der Waals surface area contributed by atoms with E-state index >= 15 is 0 Å². The third kappa shape index (κ3) is 13.0. The topological polar surface area (TPSA) is 65.1 Å². The Bertz CT molecular complexity index is 794. The lowest BCUT2D eigenvalue weighted by molar-refractivity contribution is -0.137. The van der Waals surface area contributed by atoms with Crippen molar-refractivity contribution in [1.82, 2.24) is 4.90 Å². The number of carbonyl (C=O) groups is 2. The van der Waals surface area contributed by atoms with Crippen molar-refractivity contribution in [2.45, 2.75) is 175 Å². The van der Waals surface area contributed by atoms with Crippen LogP contribution < -0.4 is 0 Å². The van der Waals surface area contributed by atoms with Crippen molar-refractivity contribution in [3.05, 3.63) is 11.3 Å². The number of esters is 1. The van der Waals surface area contributed by atoms with Crippen molar-refractivity contribution < 1.29 is 23.5 Å². The van der Waals surface area contributed by atoms with Crippen LogP contribution in [0.4, 0.5) is 4.79 Å². The number of amides is 1. The zero-order chi connectivity index (χ0) is 30.4. The number of unbranched alkanes of at least 4 members (excludes halogenated alkanes) is 12. The Labute approximate surface area is 248 Å². The van der Waals surface area contributed by atoms with Gasteiger partial charge in [-0.05, 0) is 45.3 Å². The zero-order valence-electron chi connectivity index (χ0n) is 27.9. The number of hydrogen-bond acceptors (Lipinski definition) is 5. The molecular formula is C33H63NO5Si. The first-order valence-corrected chi connectivity index (χ1v) is 19.1. The van der Waals surface area contributed by atoms with Crippen LogP contribution in [-0.2, 0) is 18.7 Å². The quantitative estimate of drug-likeness (QED) is 0.0971. The number of hydrogen-bond donors (Lipinski definition) is 0. The summed E-state index contributed by atoms with van der Waals surface area (Å²) in [6.45, 7) is 19.3. The van der Waals surface area contributed by atoms with Crippen molar-refractivity contribution in [2.75, 3.05) is 13.7 Å². The highest BCUT2D eigenvalue weighted by Crippen LogP contribution is 2.41. The lowest BCUT2D eigenvalue weighted by Gasteiger charge is -2.42. The third-order valence-electron chi connectivity index (χ3n) is 8.39. The van der Waals surface area contributed by atoms with E-state index in [9.17, 15) is 9.59 Å². The molecule has 0 aromatic carbocycles. The Kier molecular flexibility index (Phi) is 15.9. The Balaban J connectivity index is 2.85. The first-order valence-electron chi connectivity index (χ1n) is 16.1. The van der Waals surface area contributed by atoms with Crippen LogP contribution >= 0.6 is 0 Å². The van der Waals surface area contributed by atoms with Crippen LogP contribution in [0.1, 0.15) is 145 Å². The fourth-order valence-corrected chi connectivity index (χ4v) is 6.11. The van der Waals surface area contributed by atoms with Crippen LogP contribution in [0.5, 0.6) is 0 Å². The summed E-state index contributed by atoms with van der Waals surface area (Å²) in [6.07, 6.45) is 17.4. The first-order chi connectivity index (χ1) is 18.6.